The van der Waals surface area contributed by atoms with E-state index in [4.69, 9.17) is 34.8 Å². The first-order valence-corrected chi connectivity index (χ1v) is 21.3. The van der Waals surface area contributed by atoms with Gasteiger partial charge in [0.15, 0.2) is 5.84 Å². The van der Waals surface area contributed by atoms with Gasteiger partial charge in [0.05, 0.1) is 64.8 Å². The van der Waals surface area contributed by atoms with Crippen LogP contribution in [0.25, 0.3) is 0 Å². The van der Waals surface area contributed by atoms with E-state index in [1.807, 2.05) is 58.0 Å². The second-order valence-corrected chi connectivity index (χ2v) is 16.0. The fraction of sp³-hybridized carbons (Fsp3) is 0.522. The zero-order chi connectivity index (χ0) is 44.8. The van der Waals surface area contributed by atoms with E-state index in [0.29, 0.717) is 89.0 Å². The second-order valence-electron chi connectivity index (χ2n) is 16.0. The number of carbonyl (C=O) groups excluding carboxylic acids is 3. The van der Waals surface area contributed by atoms with Crippen molar-refractivity contribution in [3.8, 4) is 5.75 Å². The highest BCUT2D eigenvalue weighted by molar-refractivity contribution is 6.07. The van der Waals surface area contributed by atoms with Crippen molar-refractivity contribution in [2.24, 2.45) is 10.7 Å². The summed E-state index contributed by atoms with van der Waals surface area (Å²) in [7, 11) is 1.35. The fourth-order valence-electron chi connectivity index (χ4n) is 6.55. The van der Waals surface area contributed by atoms with E-state index in [0.717, 1.165) is 37.0 Å². The van der Waals surface area contributed by atoms with Crippen LogP contribution in [0.1, 0.15) is 100 Å². The van der Waals surface area contributed by atoms with Crippen molar-refractivity contribution in [2.45, 2.75) is 89.8 Å². The lowest BCUT2D eigenvalue weighted by Gasteiger charge is -2.42. The average Bonchev–Trinajstić information content (AvgIpc) is 3.26. The van der Waals surface area contributed by atoms with Crippen molar-refractivity contribution >= 4 is 35.3 Å². The van der Waals surface area contributed by atoms with Gasteiger partial charge in [0.25, 0.3) is 5.91 Å². The Balaban J connectivity index is 1.23. The maximum Gasteiger partial charge on any atom is 0.410 e. The molecular weight excluding hydrogens is 795 g/mol. The molecule has 16 nitrogen and oxygen atoms in total. The van der Waals surface area contributed by atoms with Crippen LogP contribution >= 0.6 is 0 Å². The Hall–Kier alpha value is -5.58. The molecule has 5 N–H and O–H groups in total. The van der Waals surface area contributed by atoms with E-state index in [-0.39, 0.29) is 36.0 Å². The summed E-state index contributed by atoms with van der Waals surface area (Å²) >= 11 is 0. The van der Waals surface area contributed by atoms with Crippen molar-refractivity contribution in [1.29, 1.82) is 5.41 Å². The SMILES string of the molecule is COC(=O)CCOCCOCCOCCCCCCOc1cccc([C@@H](C)NC(=O)c2cccc(NC3(C(N)=NC(=N)c4ccncc4)CCN(C(=O)OC(C)(C)C)CC3)c2)c1. The van der Waals surface area contributed by atoms with Gasteiger partial charge in [-0.05, 0) is 108 Å². The molecule has 1 aliphatic heterocycles. The molecule has 0 unspecified atom stereocenters. The van der Waals surface area contributed by atoms with Crippen LogP contribution in [0.5, 0.6) is 5.75 Å². The van der Waals surface area contributed by atoms with Gasteiger partial charge in [-0.25, -0.2) is 9.79 Å². The summed E-state index contributed by atoms with van der Waals surface area (Å²) in [6.07, 6.45) is 7.72. The molecular formula is C46H65N7O9. The third kappa shape index (κ3) is 17.1. The van der Waals surface area contributed by atoms with Crippen molar-refractivity contribution in [3.05, 3.63) is 89.7 Å². The number of amides is 2. The van der Waals surface area contributed by atoms with Crippen LogP contribution < -0.4 is 21.1 Å². The minimum atomic E-state index is -0.918. The molecule has 2 amide bonds. The van der Waals surface area contributed by atoms with Crippen molar-refractivity contribution in [1.82, 2.24) is 15.2 Å². The summed E-state index contributed by atoms with van der Waals surface area (Å²) in [6.45, 7) is 11.6. The number of piperidine rings is 1. The van der Waals surface area contributed by atoms with Gasteiger partial charge in [-0.2, -0.15) is 0 Å². The van der Waals surface area contributed by atoms with E-state index in [2.05, 4.69) is 25.3 Å². The highest BCUT2D eigenvalue weighted by atomic mass is 16.6. The number of ether oxygens (including phenoxy) is 6. The van der Waals surface area contributed by atoms with Crippen LogP contribution in [0.3, 0.4) is 0 Å². The Morgan fingerprint density at radius 3 is 2.18 bits per heavy atom. The molecule has 4 rings (SSSR count). The number of unbranched alkanes of at least 4 members (excludes halogenated alkanes) is 3. The quantitative estimate of drug-likeness (QED) is 0.0322. The van der Waals surface area contributed by atoms with Crippen molar-refractivity contribution in [2.75, 3.05) is 71.8 Å². The highest BCUT2D eigenvalue weighted by Crippen LogP contribution is 2.30. The van der Waals surface area contributed by atoms with Crippen molar-refractivity contribution in [3.63, 3.8) is 0 Å². The first-order chi connectivity index (χ1) is 29.8. The molecule has 3 aromatic rings. The summed E-state index contributed by atoms with van der Waals surface area (Å²) in [5.74, 6) is 0.390. The van der Waals surface area contributed by atoms with Crippen LogP contribution in [-0.4, -0.2) is 117 Å². The number of methoxy groups -OCH3 is 1. The Morgan fingerprint density at radius 1 is 0.855 bits per heavy atom. The first-order valence-electron chi connectivity index (χ1n) is 21.3. The van der Waals surface area contributed by atoms with Crippen LogP contribution in [0.2, 0.25) is 0 Å². The zero-order valence-electron chi connectivity index (χ0n) is 36.9. The number of anilines is 1. The topological polar surface area (TPSA) is 209 Å². The Bertz CT molecular complexity index is 1900. The Kier molecular flexibility index (Phi) is 20.1. The predicted octanol–water partition coefficient (Wildman–Crippen LogP) is 6.69. The number of nitrogens with one attached hydrogen (secondary N) is 3. The third-order valence-electron chi connectivity index (χ3n) is 10.0. The summed E-state index contributed by atoms with van der Waals surface area (Å²) in [5.41, 5.74) is 7.74. The monoisotopic (exact) mass is 859 g/mol. The number of benzene rings is 2. The number of rotatable bonds is 24. The minimum absolute atomic E-state index is 0.0103. The predicted molar refractivity (Wildman–Crippen MR) is 238 cm³/mol. The third-order valence-corrected chi connectivity index (χ3v) is 10.0. The largest absolute Gasteiger partial charge is 0.494 e. The van der Waals surface area contributed by atoms with Gasteiger partial charge in [0, 0.05) is 48.9 Å². The molecule has 0 saturated carbocycles. The van der Waals surface area contributed by atoms with Gasteiger partial charge in [0.1, 0.15) is 17.2 Å². The van der Waals surface area contributed by atoms with Gasteiger partial charge in [-0.15, -0.1) is 0 Å². The van der Waals surface area contributed by atoms with Gasteiger partial charge in [-0.1, -0.05) is 24.6 Å². The van der Waals surface area contributed by atoms with Gasteiger partial charge >= 0.3 is 12.1 Å². The van der Waals surface area contributed by atoms with Gasteiger partial charge in [-0.3, -0.25) is 20.0 Å². The summed E-state index contributed by atoms with van der Waals surface area (Å²) in [5, 5.41) is 15.3. The normalized spacial score (nSPS) is 14.4. The van der Waals surface area contributed by atoms with E-state index in [9.17, 15) is 14.4 Å². The molecule has 2 aromatic carbocycles. The molecule has 16 heteroatoms. The van der Waals surface area contributed by atoms with E-state index in [1.165, 1.54) is 7.11 Å². The maximum absolute atomic E-state index is 13.6. The molecule has 0 aliphatic carbocycles. The van der Waals surface area contributed by atoms with E-state index < -0.39 is 17.2 Å². The number of amidine groups is 2. The maximum atomic E-state index is 13.6. The Labute approximate surface area is 365 Å². The lowest BCUT2D eigenvalue weighted by molar-refractivity contribution is -0.141. The molecule has 1 fully saturated rings. The van der Waals surface area contributed by atoms with Crippen LogP contribution in [0.15, 0.2) is 78.0 Å². The molecule has 0 bridgehead atoms. The smallest absolute Gasteiger partial charge is 0.410 e. The standard InChI is InChI=1S/C46H65N7O9/c1-34(36-12-11-15-39(33-36)61-26-9-7-6-8-25-58-28-30-60-31-29-59-27-18-40(54)57-5)50-42(55)37-13-10-14-38(32-37)52-46(43(48)51-41(47)35-16-21-49-22-17-35)19-23-53(24-20-46)44(56)62-45(2,3)4/h10-17,21-22,32-34,52H,6-9,18-20,23-31H2,1-5H3,(H,50,55)(H3,47,48,51)/t34-/m1/s1. The van der Waals surface area contributed by atoms with Gasteiger partial charge < -0.3 is 49.7 Å². The average molecular weight is 860 g/mol. The number of esters is 1. The summed E-state index contributed by atoms with van der Waals surface area (Å²) in [6, 6.07) is 18.0. The highest BCUT2D eigenvalue weighted by Gasteiger charge is 2.41. The van der Waals surface area contributed by atoms with E-state index in [1.54, 1.807) is 47.6 Å². The number of hydrogen-bond donors (Lipinski definition) is 4. The molecule has 1 saturated heterocycles. The number of pyridine rings is 1. The van der Waals surface area contributed by atoms with Crippen LogP contribution in [0.4, 0.5) is 10.5 Å². The number of hydrogen-bond acceptors (Lipinski definition) is 12. The lowest BCUT2D eigenvalue weighted by Crippen LogP contribution is -2.58. The molecule has 1 aliphatic rings. The van der Waals surface area contributed by atoms with Crippen molar-refractivity contribution < 1.29 is 42.8 Å². The Morgan fingerprint density at radius 2 is 1.50 bits per heavy atom. The number of nitrogens with zero attached hydrogens (tertiary/aromatic N) is 3. The number of nitrogens with two attached hydrogens (primary N) is 1. The molecule has 0 radical (unpaired) electrons. The number of likely N-dealkylation sites (tertiary alicyclic amines) is 1. The number of aromatic nitrogens is 1. The number of carbonyl (C=O) groups is 3. The summed E-state index contributed by atoms with van der Waals surface area (Å²) < 4.78 is 32.7. The zero-order valence-corrected chi connectivity index (χ0v) is 36.9. The first kappa shape index (κ1) is 49.1. The lowest BCUT2D eigenvalue weighted by atomic mass is 9.85. The molecule has 62 heavy (non-hydrogen) atoms. The molecule has 1 aromatic heterocycles. The second kappa shape index (κ2) is 25.4. The summed E-state index contributed by atoms with van der Waals surface area (Å²) in [4.78, 5) is 47.8. The van der Waals surface area contributed by atoms with Crippen LogP contribution in [0, 0.1) is 5.41 Å². The molecule has 338 valence electrons. The molecule has 2 heterocycles. The fourth-order valence-corrected chi connectivity index (χ4v) is 6.55. The minimum Gasteiger partial charge on any atom is -0.494 e. The van der Waals surface area contributed by atoms with Gasteiger partial charge in [0.2, 0.25) is 0 Å². The molecule has 0 spiro atoms. The number of aliphatic imine (C=N–C) groups is 1. The molecule has 1 atom stereocenters. The van der Waals surface area contributed by atoms with E-state index >= 15 is 0 Å². The van der Waals surface area contributed by atoms with Crippen LogP contribution in [-0.2, 0) is 28.5 Å².